The second kappa shape index (κ2) is 7.36. The maximum absolute atomic E-state index is 12.1. The summed E-state index contributed by atoms with van der Waals surface area (Å²) in [7, 11) is 0. The Kier molecular flexibility index (Phi) is 5.81. The van der Waals surface area contributed by atoms with Crippen LogP contribution >= 0.6 is 0 Å². The van der Waals surface area contributed by atoms with Gasteiger partial charge >= 0.3 is 0 Å². The third kappa shape index (κ3) is 4.44. The summed E-state index contributed by atoms with van der Waals surface area (Å²) in [5.74, 6) is -0.339. The van der Waals surface area contributed by atoms with Gasteiger partial charge in [0.15, 0.2) is 5.78 Å². The zero-order valence-corrected chi connectivity index (χ0v) is 11.6. The van der Waals surface area contributed by atoms with E-state index in [1.807, 2.05) is 11.8 Å². The number of carbonyl (C=O) groups is 1. The Morgan fingerprint density at radius 3 is 2.80 bits per heavy atom. The van der Waals surface area contributed by atoms with Gasteiger partial charge < -0.3 is 0 Å². The highest BCUT2D eigenvalue weighted by Crippen LogP contribution is 2.14. The van der Waals surface area contributed by atoms with E-state index in [4.69, 9.17) is 5.26 Å². The molecule has 6 heteroatoms. The minimum Gasteiger partial charge on any atom is -0.295 e. The molecule has 20 heavy (non-hydrogen) atoms. The maximum Gasteiger partial charge on any atom is 0.270 e. The fourth-order valence-electron chi connectivity index (χ4n) is 1.82. The Labute approximate surface area is 117 Å². The molecule has 1 aromatic carbocycles. The molecule has 0 fully saturated rings. The molecular weight excluding hydrogens is 258 g/mol. The Bertz CT molecular complexity index is 537. The number of rotatable bonds is 7. The average Bonchev–Trinajstić information content (AvgIpc) is 2.46. The fourth-order valence-corrected chi connectivity index (χ4v) is 1.82. The van der Waals surface area contributed by atoms with Gasteiger partial charge in [0.2, 0.25) is 0 Å². The summed E-state index contributed by atoms with van der Waals surface area (Å²) in [5.41, 5.74) is 0.228. The summed E-state index contributed by atoms with van der Waals surface area (Å²) < 4.78 is 0. The summed E-state index contributed by atoms with van der Waals surface area (Å²) in [4.78, 5) is 24.1. The van der Waals surface area contributed by atoms with Crippen molar-refractivity contribution < 1.29 is 9.72 Å². The van der Waals surface area contributed by atoms with Crippen molar-refractivity contribution >= 4 is 11.5 Å². The van der Waals surface area contributed by atoms with Crippen LogP contribution in [0.2, 0.25) is 0 Å². The van der Waals surface area contributed by atoms with Crippen LogP contribution in [-0.4, -0.2) is 35.2 Å². The van der Waals surface area contributed by atoms with E-state index in [0.717, 1.165) is 0 Å². The Balaban J connectivity index is 2.77. The van der Waals surface area contributed by atoms with E-state index in [2.05, 4.69) is 6.07 Å². The van der Waals surface area contributed by atoms with Gasteiger partial charge in [0.05, 0.1) is 23.5 Å². The van der Waals surface area contributed by atoms with Crippen LogP contribution in [0.1, 0.15) is 24.2 Å². The van der Waals surface area contributed by atoms with E-state index in [-0.39, 0.29) is 23.9 Å². The van der Waals surface area contributed by atoms with E-state index in [1.54, 1.807) is 13.0 Å². The quantitative estimate of drug-likeness (QED) is 0.432. The van der Waals surface area contributed by atoms with E-state index < -0.39 is 4.92 Å². The van der Waals surface area contributed by atoms with Crippen molar-refractivity contribution in [1.29, 1.82) is 5.26 Å². The van der Waals surface area contributed by atoms with Crippen molar-refractivity contribution in [2.45, 2.75) is 13.8 Å². The molecule has 1 rings (SSSR count). The van der Waals surface area contributed by atoms with E-state index >= 15 is 0 Å². The van der Waals surface area contributed by atoms with Crippen LogP contribution in [0.5, 0.6) is 0 Å². The van der Waals surface area contributed by atoms with Crippen molar-refractivity contribution in [1.82, 2.24) is 4.90 Å². The molecular formula is C14H17N3O3. The molecule has 0 aliphatic carbocycles. The average molecular weight is 275 g/mol. The van der Waals surface area contributed by atoms with Crippen molar-refractivity contribution in [3.63, 3.8) is 0 Å². The topological polar surface area (TPSA) is 87.2 Å². The molecule has 6 nitrogen and oxygen atoms in total. The molecule has 0 amide bonds. The summed E-state index contributed by atoms with van der Waals surface area (Å²) in [6, 6.07) is 7.83. The molecule has 106 valence electrons. The molecule has 1 aromatic rings. The maximum atomic E-state index is 12.1. The summed E-state index contributed by atoms with van der Waals surface area (Å²) in [6.45, 7) is 5.01. The van der Waals surface area contributed by atoms with E-state index in [9.17, 15) is 14.9 Å². The fraction of sp³-hybridized carbons (Fsp3) is 0.429. The van der Waals surface area contributed by atoms with Crippen LogP contribution in [0.15, 0.2) is 24.3 Å². The van der Waals surface area contributed by atoms with E-state index in [1.165, 1.54) is 18.2 Å². The number of non-ortho nitro benzene ring substituents is 1. The first kappa shape index (κ1) is 15.8. The highest BCUT2D eigenvalue weighted by molar-refractivity contribution is 5.98. The largest absolute Gasteiger partial charge is 0.295 e. The molecule has 1 atom stereocenters. The van der Waals surface area contributed by atoms with Gasteiger partial charge in [0, 0.05) is 24.2 Å². The lowest BCUT2D eigenvalue weighted by atomic mass is 10.1. The van der Waals surface area contributed by atoms with Gasteiger partial charge in [-0.1, -0.05) is 19.1 Å². The second-order valence-electron chi connectivity index (χ2n) is 4.59. The van der Waals surface area contributed by atoms with Crippen LogP contribution in [0.4, 0.5) is 5.69 Å². The lowest BCUT2D eigenvalue weighted by Gasteiger charge is -2.20. The molecule has 0 N–H and O–H groups in total. The third-order valence-electron chi connectivity index (χ3n) is 2.95. The van der Waals surface area contributed by atoms with Crippen LogP contribution in [-0.2, 0) is 0 Å². The molecule has 0 spiro atoms. The van der Waals surface area contributed by atoms with Crippen LogP contribution in [0.3, 0.4) is 0 Å². The van der Waals surface area contributed by atoms with Gasteiger partial charge in [0.1, 0.15) is 0 Å². The van der Waals surface area contributed by atoms with Crippen molar-refractivity contribution in [2.24, 2.45) is 5.92 Å². The SMILES string of the molecule is CCN(CC(=O)c1cccc([N+](=O)[O-])c1)CC(C)C#N. The zero-order valence-electron chi connectivity index (χ0n) is 11.6. The first-order valence-corrected chi connectivity index (χ1v) is 6.37. The highest BCUT2D eigenvalue weighted by Gasteiger charge is 2.16. The van der Waals surface area contributed by atoms with Crippen LogP contribution < -0.4 is 0 Å². The lowest BCUT2D eigenvalue weighted by molar-refractivity contribution is -0.384. The number of hydrogen-bond acceptors (Lipinski definition) is 5. The summed E-state index contributed by atoms with van der Waals surface area (Å²) in [6.07, 6.45) is 0. The zero-order chi connectivity index (χ0) is 15.1. The standard InChI is InChI=1S/C14H17N3O3/c1-3-16(9-11(2)8-15)10-14(18)12-5-4-6-13(7-12)17(19)20/h4-7,11H,3,9-10H2,1-2H3. The second-order valence-corrected chi connectivity index (χ2v) is 4.59. The molecule has 0 bridgehead atoms. The molecule has 0 saturated carbocycles. The number of nitriles is 1. The predicted octanol–water partition coefficient (Wildman–Crippen LogP) is 2.26. The van der Waals surface area contributed by atoms with Gasteiger partial charge in [-0.3, -0.25) is 19.8 Å². The van der Waals surface area contributed by atoms with Crippen molar-refractivity contribution in [3.8, 4) is 6.07 Å². The lowest BCUT2D eigenvalue weighted by Crippen LogP contribution is -2.33. The van der Waals surface area contributed by atoms with Gasteiger partial charge in [-0.05, 0) is 13.5 Å². The normalized spacial score (nSPS) is 11.9. The van der Waals surface area contributed by atoms with Gasteiger partial charge in [-0.2, -0.15) is 5.26 Å². The first-order valence-electron chi connectivity index (χ1n) is 6.37. The predicted molar refractivity (Wildman–Crippen MR) is 74.3 cm³/mol. The van der Waals surface area contributed by atoms with Crippen LogP contribution in [0.25, 0.3) is 0 Å². The third-order valence-corrected chi connectivity index (χ3v) is 2.95. The minimum atomic E-state index is -0.522. The van der Waals surface area contributed by atoms with Crippen LogP contribution in [0, 0.1) is 27.4 Å². The number of carbonyl (C=O) groups excluding carboxylic acids is 1. The number of Topliss-reactive ketones (excluding diaryl/α,β-unsaturated/α-hetero) is 1. The van der Waals surface area contributed by atoms with Gasteiger partial charge in [-0.25, -0.2) is 0 Å². The highest BCUT2D eigenvalue weighted by atomic mass is 16.6. The Hall–Kier alpha value is -2.26. The molecule has 0 heterocycles. The smallest absolute Gasteiger partial charge is 0.270 e. The number of nitrogens with zero attached hydrogens (tertiary/aromatic N) is 3. The summed E-state index contributed by atoms with van der Waals surface area (Å²) >= 11 is 0. The van der Waals surface area contributed by atoms with Crippen molar-refractivity contribution in [2.75, 3.05) is 19.6 Å². The van der Waals surface area contributed by atoms with Crippen molar-refractivity contribution in [3.05, 3.63) is 39.9 Å². The number of likely N-dealkylation sites (N-methyl/N-ethyl adjacent to an activating group) is 1. The monoisotopic (exact) mass is 275 g/mol. The molecule has 0 aliphatic rings. The van der Waals surface area contributed by atoms with E-state index in [0.29, 0.717) is 18.7 Å². The number of ketones is 1. The Morgan fingerprint density at radius 1 is 1.55 bits per heavy atom. The first-order chi connectivity index (χ1) is 9.47. The van der Waals surface area contributed by atoms with Gasteiger partial charge in [-0.15, -0.1) is 0 Å². The number of nitro benzene ring substituents is 1. The van der Waals surface area contributed by atoms with Gasteiger partial charge in [0.25, 0.3) is 5.69 Å². The number of hydrogen-bond donors (Lipinski definition) is 0. The Morgan fingerprint density at radius 2 is 2.25 bits per heavy atom. The summed E-state index contributed by atoms with van der Waals surface area (Å²) in [5, 5.41) is 19.5. The molecule has 1 unspecified atom stereocenters. The molecule has 0 radical (unpaired) electrons. The number of nitro groups is 1. The minimum absolute atomic E-state index is 0.0932. The molecule has 0 aliphatic heterocycles. The molecule has 0 aromatic heterocycles. The number of benzene rings is 1. The molecule has 0 saturated heterocycles.